The normalized spacial score (nSPS) is 16.9. The van der Waals surface area contributed by atoms with E-state index in [1.165, 1.54) is 0 Å². The van der Waals surface area contributed by atoms with E-state index in [2.05, 4.69) is 10.6 Å². The number of hydrogen-bond acceptors (Lipinski definition) is 9. The van der Waals surface area contributed by atoms with Crippen molar-refractivity contribution in [3.8, 4) is 0 Å². The van der Waals surface area contributed by atoms with Gasteiger partial charge < -0.3 is 47.2 Å². The van der Waals surface area contributed by atoms with Crippen LogP contribution in [0.25, 0.3) is 0 Å². The molecule has 0 saturated carbocycles. The largest absolute Gasteiger partial charge is 0.481 e. The molecule has 10 N–H and O–H groups in total. The fraction of sp³-hybridized carbons (Fsp3) is 0.688. The van der Waals surface area contributed by atoms with E-state index in [9.17, 15) is 34.2 Å². The maximum Gasteiger partial charge on any atom is 0.328 e. The monoisotopic (exact) mass is 436 g/mol. The second kappa shape index (κ2) is 12.7. The van der Waals surface area contributed by atoms with E-state index in [0.717, 1.165) is 13.8 Å². The SMILES string of the molecule is CC(O)C(NC(=O)C(CCC(=O)O)NC(=O)C(NC(=O)C(N)CO)C(C)O)C(=O)O. The number of aliphatic carboxylic acids is 2. The summed E-state index contributed by atoms with van der Waals surface area (Å²) in [6.07, 6.45) is -3.99. The van der Waals surface area contributed by atoms with Gasteiger partial charge in [0.1, 0.15) is 18.1 Å². The van der Waals surface area contributed by atoms with Gasteiger partial charge in [0.2, 0.25) is 17.7 Å². The van der Waals surface area contributed by atoms with E-state index in [0.29, 0.717) is 0 Å². The molecule has 0 heterocycles. The van der Waals surface area contributed by atoms with Crippen molar-refractivity contribution in [1.29, 1.82) is 0 Å². The predicted octanol–water partition coefficient (Wildman–Crippen LogP) is -4.53. The van der Waals surface area contributed by atoms with Gasteiger partial charge in [0.15, 0.2) is 6.04 Å². The summed E-state index contributed by atoms with van der Waals surface area (Å²) in [5, 5.41) is 52.2. The Balaban J connectivity index is 5.47. The lowest BCUT2D eigenvalue weighted by Crippen LogP contribution is -2.60. The Kier molecular flexibility index (Phi) is 11.5. The van der Waals surface area contributed by atoms with Crippen LogP contribution in [0, 0.1) is 0 Å². The molecule has 0 aliphatic carbocycles. The van der Waals surface area contributed by atoms with Gasteiger partial charge in [0.25, 0.3) is 0 Å². The number of carboxylic acids is 2. The lowest BCUT2D eigenvalue weighted by molar-refractivity contribution is -0.145. The number of amides is 3. The first-order chi connectivity index (χ1) is 13.8. The van der Waals surface area contributed by atoms with E-state index < -0.39 is 85.5 Å². The van der Waals surface area contributed by atoms with Crippen LogP contribution in [-0.2, 0) is 24.0 Å². The molecule has 0 rings (SSSR count). The Morgan fingerprint density at radius 1 is 0.833 bits per heavy atom. The molecule has 0 bridgehead atoms. The highest BCUT2D eigenvalue weighted by Gasteiger charge is 2.33. The maximum atomic E-state index is 12.5. The topological polar surface area (TPSA) is 249 Å². The number of hydrogen-bond donors (Lipinski definition) is 9. The first-order valence-corrected chi connectivity index (χ1v) is 8.90. The molecule has 0 fully saturated rings. The molecular formula is C16H28N4O10. The number of nitrogens with two attached hydrogens (primary N) is 1. The molecule has 30 heavy (non-hydrogen) atoms. The van der Waals surface area contributed by atoms with Crippen molar-refractivity contribution in [2.75, 3.05) is 6.61 Å². The van der Waals surface area contributed by atoms with Crippen molar-refractivity contribution in [2.45, 2.75) is 63.1 Å². The Morgan fingerprint density at radius 3 is 1.73 bits per heavy atom. The highest BCUT2D eigenvalue weighted by Crippen LogP contribution is 2.04. The van der Waals surface area contributed by atoms with Crippen LogP contribution in [0.3, 0.4) is 0 Å². The molecule has 0 aromatic rings. The first kappa shape index (κ1) is 27.2. The van der Waals surface area contributed by atoms with Crippen LogP contribution in [0.4, 0.5) is 0 Å². The molecule has 0 spiro atoms. The van der Waals surface area contributed by atoms with Crippen LogP contribution in [0.5, 0.6) is 0 Å². The number of nitrogens with one attached hydrogen (secondary N) is 3. The third-order valence-corrected chi connectivity index (χ3v) is 3.92. The van der Waals surface area contributed by atoms with Gasteiger partial charge >= 0.3 is 11.9 Å². The van der Waals surface area contributed by atoms with Crippen LogP contribution < -0.4 is 21.7 Å². The van der Waals surface area contributed by atoms with Crippen molar-refractivity contribution < 1.29 is 49.5 Å². The van der Waals surface area contributed by atoms with Crippen molar-refractivity contribution in [3.63, 3.8) is 0 Å². The smallest absolute Gasteiger partial charge is 0.328 e. The van der Waals surface area contributed by atoms with Gasteiger partial charge in [-0.2, -0.15) is 0 Å². The van der Waals surface area contributed by atoms with Gasteiger partial charge in [-0.15, -0.1) is 0 Å². The van der Waals surface area contributed by atoms with Gasteiger partial charge in [0.05, 0.1) is 18.8 Å². The number of carbonyl (C=O) groups is 5. The second-order valence-electron chi connectivity index (χ2n) is 6.57. The summed E-state index contributed by atoms with van der Waals surface area (Å²) in [7, 11) is 0. The Bertz CT molecular complexity index is 640. The minimum absolute atomic E-state index is 0.449. The number of aliphatic hydroxyl groups is 3. The molecule has 0 radical (unpaired) electrons. The Morgan fingerprint density at radius 2 is 1.33 bits per heavy atom. The second-order valence-corrected chi connectivity index (χ2v) is 6.57. The van der Waals surface area contributed by atoms with Gasteiger partial charge in [-0.05, 0) is 20.3 Å². The standard InChI is InChI=1S/C16H28N4O10/c1-6(22)11(19-13(26)8(17)5-21)15(28)18-9(3-4-10(24)25)14(27)20-12(7(2)23)16(29)30/h6-9,11-12,21-23H,3-5,17H2,1-2H3,(H,18,28)(H,19,26)(H,20,27)(H,24,25)(H,29,30). The van der Waals surface area contributed by atoms with E-state index in [1.807, 2.05) is 5.32 Å². The number of carboxylic acid groups (broad SMARTS) is 2. The van der Waals surface area contributed by atoms with Gasteiger partial charge in [-0.3, -0.25) is 19.2 Å². The lowest BCUT2D eigenvalue weighted by atomic mass is 10.1. The molecule has 0 aliphatic heterocycles. The Labute approximate surface area is 171 Å². The van der Waals surface area contributed by atoms with E-state index in [-0.39, 0.29) is 0 Å². The summed E-state index contributed by atoms with van der Waals surface area (Å²) in [5.41, 5.74) is 5.32. The third kappa shape index (κ3) is 9.13. The average molecular weight is 436 g/mol. The lowest BCUT2D eigenvalue weighted by Gasteiger charge is -2.26. The van der Waals surface area contributed by atoms with Gasteiger partial charge in [-0.1, -0.05) is 0 Å². The zero-order valence-electron chi connectivity index (χ0n) is 16.4. The van der Waals surface area contributed by atoms with Crippen molar-refractivity contribution in [2.24, 2.45) is 5.73 Å². The molecule has 0 aliphatic rings. The zero-order valence-corrected chi connectivity index (χ0v) is 16.4. The van der Waals surface area contributed by atoms with Crippen LogP contribution in [-0.4, -0.2) is 98.2 Å². The molecule has 0 aromatic heterocycles. The summed E-state index contributed by atoms with van der Waals surface area (Å²) in [4.78, 5) is 58.6. The van der Waals surface area contributed by atoms with Crippen LogP contribution in [0.2, 0.25) is 0 Å². The van der Waals surface area contributed by atoms with Crippen molar-refractivity contribution in [1.82, 2.24) is 16.0 Å². The summed E-state index contributed by atoms with van der Waals surface area (Å²) in [6.45, 7) is 1.52. The molecule has 14 nitrogen and oxygen atoms in total. The van der Waals surface area contributed by atoms with Crippen LogP contribution >= 0.6 is 0 Å². The predicted molar refractivity (Wildman–Crippen MR) is 98.7 cm³/mol. The number of rotatable bonds is 13. The van der Waals surface area contributed by atoms with Crippen molar-refractivity contribution >= 4 is 29.7 Å². The summed E-state index contributed by atoms with van der Waals surface area (Å²) in [6, 6.07) is -6.27. The van der Waals surface area contributed by atoms with E-state index in [4.69, 9.17) is 21.1 Å². The molecule has 172 valence electrons. The number of carbonyl (C=O) groups excluding carboxylic acids is 3. The zero-order chi connectivity index (χ0) is 23.6. The highest BCUT2D eigenvalue weighted by atomic mass is 16.4. The van der Waals surface area contributed by atoms with E-state index in [1.54, 1.807) is 0 Å². The van der Waals surface area contributed by atoms with Crippen LogP contribution in [0.1, 0.15) is 26.7 Å². The first-order valence-electron chi connectivity index (χ1n) is 8.90. The number of aliphatic hydroxyl groups excluding tert-OH is 3. The maximum absolute atomic E-state index is 12.5. The summed E-state index contributed by atoms with van der Waals surface area (Å²) >= 11 is 0. The highest BCUT2D eigenvalue weighted by molar-refractivity contribution is 5.94. The summed E-state index contributed by atoms with van der Waals surface area (Å²) < 4.78 is 0. The molecule has 3 amide bonds. The minimum atomic E-state index is -1.73. The minimum Gasteiger partial charge on any atom is -0.481 e. The van der Waals surface area contributed by atoms with Gasteiger partial charge in [0, 0.05) is 6.42 Å². The molecule has 0 saturated heterocycles. The quantitative estimate of drug-likeness (QED) is 0.133. The third-order valence-electron chi connectivity index (χ3n) is 3.92. The van der Waals surface area contributed by atoms with Crippen molar-refractivity contribution in [3.05, 3.63) is 0 Å². The summed E-state index contributed by atoms with van der Waals surface area (Å²) in [5.74, 6) is -6.01. The molecule has 0 aromatic carbocycles. The fourth-order valence-corrected chi connectivity index (χ4v) is 2.19. The van der Waals surface area contributed by atoms with E-state index >= 15 is 0 Å². The molecule has 6 atom stereocenters. The molecule has 6 unspecified atom stereocenters. The average Bonchev–Trinajstić information content (AvgIpc) is 2.64. The molecule has 14 heteroatoms. The van der Waals surface area contributed by atoms with Crippen LogP contribution in [0.15, 0.2) is 0 Å². The molecular weight excluding hydrogens is 408 g/mol. The van der Waals surface area contributed by atoms with Gasteiger partial charge in [-0.25, -0.2) is 4.79 Å². The Hall–Kier alpha value is -2.81. The fourth-order valence-electron chi connectivity index (χ4n) is 2.19.